The molecule has 72 valence electrons. The number of hydrogen-bond donors (Lipinski definition) is 0. The van der Waals surface area contributed by atoms with Gasteiger partial charge in [0.25, 0.3) is 0 Å². The molecule has 0 N–H and O–H groups in total. The number of alkyl halides is 2. The number of halogens is 2. The van der Waals surface area contributed by atoms with Gasteiger partial charge in [0.2, 0.25) is 0 Å². The lowest BCUT2D eigenvalue weighted by Crippen LogP contribution is -2.58. The summed E-state index contributed by atoms with van der Waals surface area (Å²) in [6.07, 6.45) is 5.52. The minimum Gasteiger partial charge on any atom is -0.299 e. The van der Waals surface area contributed by atoms with Gasteiger partial charge in [-0.1, -0.05) is 31.9 Å². The first-order valence-corrected chi connectivity index (χ1v) is 6.50. The Morgan fingerprint density at radius 2 is 1.38 bits per heavy atom. The molecular weight excluding hydrogens is 296 g/mol. The van der Waals surface area contributed by atoms with Crippen molar-refractivity contribution in [1.82, 2.24) is 0 Å². The van der Waals surface area contributed by atoms with Gasteiger partial charge in [-0.15, -0.1) is 0 Å². The average Bonchev–Trinajstić information content (AvgIpc) is 1.94. The lowest BCUT2D eigenvalue weighted by Gasteiger charge is -2.57. The number of hydrogen-bond acceptors (Lipinski definition) is 1. The monoisotopic (exact) mass is 306 g/mol. The maximum absolute atomic E-state index is 11.8. The minimum absolute atomic E-state index is 0.288. The fourth-order valence-electron chi connectivity index (χ4n) is 3.67. The minimum atomic E-state index is 0.288. The van der Waals surface area contributed by atoms with Gasteiger partial charge in [-0.05, 0) is 32.1 Å². The van der Waals surface area contributed by atoms with E-state index in [9.17, 15) is 4.79 Å². The summed E-state index contributed by atoms with van der Waals surface area (Å²) < 4.78 is 0.576. The molecule has 13 heavy (non-hydrogen) atoms. The standard InChI is InChI=1S/C10H12Br2O/c11-9-1-6-2-10(12,5-9)4-7(3-9)8(6)13/h6-7H,1-5H2. The molecular formula is C10H12Br2O. The number of carbonyl (C=O) groups is 1. The van der Waals surface area contributed by atoms with Crippen molar-refractivity contribution in [3.8, 4) is 0 Å². The predicted octanol–water partition coefficient (Wildman–Crippen LogP) is 3.05. The molecule has 4 fully saturated rings. The maximum Gasteiger partial charge on any atom is 0.139 e. The Morgan fingerprint density at radius 3 is 1.77 bits per heavy atom. The second-order valence-corrected chi connectivity index (χ2v) is 8.46. The molecule has 0 amide bonds. The van der Waals surface area contributed by atoms with Gasteiger partial charge >= 0.3 is 0 Å². The van der Waals surface area contributed by atoms with Gasteiger partial charge in [0.1, 0.15) is 5.78 Å². The fraction of sp³-hybridized carbons (Fsp3) is 0.900. The zero-order valence-corrected chi connectivity index (χ0v) is 10.5. The highest BCUT2D eigenvalue weighted by Crippen LogP contribution is 2.62. The first-order valence-electron chi connectivity index (χ1n) is 4.91. The molecule has 0 aromatic carbocycles. The molecule has 0 atom stereocenters. The van der Waals surface area contributed by atoms with E-state index in [0.29, 0.717) is 17.6 Å². The quantitative estimate of drug-likeness (QED) is 0.629. The van der Waals surface area contributed by atoms with Crippen LogP contribution in [-0.2, 0) is 4.79 Å². The molecule has 1 nitrogen and oxygen atoms in total. The Labute approximate surface area is 94.9 Å². The molecule has 0 saturated heterocycles. The van der Waals surface area contributed by atoms with Crippen LogP contribution >= 0.6 is 31.9 Å². The van der Waals surface area contributed by atoms with E-state index in [1.807, 2.05) is 0 Å². The van der Waals surface area contributed by atoms with Gasteiger partial charge in [-0.3, -0.25) is 4.79 Å². The summed E-state index contributed by atoms with van der Waals surface area (Å²) in [4.78, 5) is 11.8. The predicted molar refractivity (Wildman–Crippen MR) is 58.4 cm³/mol. The van der Waals surface area contributed by atoms with Crippen LogP contribution in [0.15, 0.2) is 0 Å². The first-order chi connectivity index (χ1) is 6.00. The van der Waals surface area contributed by atoms with Crippen molar-refractivity contribution in [1.29, 1.82) is 0 Å². The lowest BCUT2D eigenvalue weighted by molar-refractivity contribution is -0.136. The van der Waals surface area contributed by atoms with Crippen LogP contribution in [-0.4, -0.2) is 14.4 Å². The lowest BCUT2D eigenvalue weighted by atomic mass is 9.55. The second kappa shape index (κ2) is 2.41. The molecule has 0 heterocycles. The Bertz CT molecular complexity index is 249. The van der Waals surface area contributed by atoms with Gasteiger partial charge in [0.05, 0.1) is 0 Å². The molecule has 3 heteroatoms. The molecule has 0 aromatic heterocycles. The Morgan fingerprint density at radius 1 is 1.00 bits per heavy atom. The largest absolute Gasteiger partial charge is 0.299 e. The summed E-state index contributed by atoms with van der Waals surface area (Å²) in [5, 5.41) is 0. The van der Waals surface area contributed by atoms with E-state index in [-0.39, 0.29) is 8.65 Å². The van der Waals surface area contributed by atoms with Crippen molar-refractivity contribution in [2.45, 2.75) is 40.8 Å². The van der Waals surface area contributed by atoms with Crippen LogP contribution in [0.4, 0.5) is 0 Å². The summed E-state index contributed by atoms with van der Waals surface area (Å²) in [5.74, 6) is 1.24. The highest BCUT2D eigenvalue weighted by molar-refractivity contribution is 9.10. The normalized spacial score (nSPS) is 58.8. The second-order valence-electron chi connectivity index (χ2n) is 5.09. The van der Waals surface area contributed by atoms with E-state index in [4.69, 9.17) is 0 Å². The molecule has 0 aromatic rings. The summed E-state index contributed by atoms with van der Waals surface area (Å²) in [5.41, 5.74) is 0. The number of carbonyl (C=O) groups excluding carboxylic acids is 1. The first kappa shape index (κ1) is 8.90. The van der Waals surface area contributed by atoms with E-state index in [2.05, 4.69) is 31.9 Å². The van der Waals surface area contributed by atoms with Crippen LogP contribution in [0.1, 0.15) is 32.1 Å². The topological polar surface area (TPSA) is 17.1 Å². The zero-order valence-electron chi connectivity index (χ0n) is 7.35. The van der Waals surface area contributed by atoms with Crippen LogP contribution in [0.3, 0.4) is 0 Å². The molecule has 4 saturated carbocycles. The average molecular weight is 308 g/mol. The van der Waals surface area contributed by atoms with Gasteiger partial charge in [-0.25, -0.2) is 0 Å². The summed E-state index contributed by atoms with van der Waals surface area (Å²) >= 11 is 7.68. The van der Waals surface area contributed by atoms with Crippen LogP contribution in [0.2, 0.25) is 0 Å². The van der Waals surface area contributed by atoms with E-state index in [0.717, 1.165) is 25.7 Å². The third-order valence-corrected chi connectivity index (χ3v) is 5.74. The number of ketones is 1. The van der Waals surface area contributed by atoms with Crippen molar-refractivity contribution in [2.24, 2.45) is 11.8 Å². The Hall–Kier alpha value is 0.630. The maximum atomic E-state index is 11.8. The van der Waals surface area contributed by atoms with Crippen molar-refractivity contribution >= 4 is 37.6 Å². The Kier molecular flexibility index (Phi) is 1.65. The molecule has 0 spiro atoms. The van der Waals surface area contributed by atoms with Crippen molar-refractivity contribution in [3.05, 3.63) is 0 Å². The third kappa shape index (κ3) is 1.19. The summed E-state index contributed by atoms with van der Waals surface area (Å²) in [6.45, 7) is 0. The molecule has 0 aliphatic heterocycles. The fourth-order valence-corrected chi connectivity index (χ4v) is 6.68. The SMILES string of the molecule is O=C1C2CC3(Br)CC1CC(Br)(C2)C3. The van der Waals surface area contributed by atoms with Gasteiger partial charge < -0.3 is 0 Å². The van der Waals surface area contributed by atoms with Gasteiger partial charge in [-0.2, -0.15) is 0 Å². The van der Waals surface area contributed by atoms with E-state index >= 15 is 0 Å². The summed E-state index contributed by atoms with van der Waals surface area (Å²) in [6, 6.07) is 0. The smallest absolute Gasteiger partial charge is 0.139 e. The van der Waals surface area contributed by atoms with Crippen LogP contribution in [0, 0.1) is 11.8 Å². The molecule has 0 unspecified atom stereocenters. The third-order valence-electron chi connectivity index (χ3n) is 3.89. The molecule has 4 bridgehead atoms. The van der Waals surface area contributed by atoms with E-state index < -0.39 is 0 Å². The van der Waals surface area contributed by atoms with E-state index in [1.165, 1.54) is 6.42 Å². The highest BCUT2D eigenvalue weighted by Gasteiger charge is 2.59. The van der Waals surface area contributed by atoms with Crippen LogP contribution in [0.25, 0.3) is 0 Å². The van der Waals surface area contributed by atoms with Crippen LogP contribution in [0.5, 0.6) is 0 Å². The van der Waals surface area contributed by atoms with E-state index in [1.54, 1.807) is 0 Å². The van der Waals surface area contributed by atoms with Crippen molar-refractivity contribution < 1.29 is 4.79 Å². The van der Waals surface area contributed by atoms with Gasteiger partial charge in [0, 0.05) is 20.5 Å². The van der Waals surface area contributed by atoms with Gasteiger partial charge in [0.15, 0.2) is 0 Å². The van der Waals surface area contributed by atoms with Crippen molar-refractivity contribution in [2.75, 3.05) is 0 Å². The summed E-state index contributed by atoms with van der Waals surface area (Å²) in [7, 11) is 0. The highest BCUT2D eigenvalue weighted by atomic mass is 79.9. The Balaban J connectivity index is 2.04. The zero-order chi connectivity index (χ0) is 9.27. The molecule has 4 aliphatic carbocycles. The number of rotatable bonds is 0. The van der Waals surface area contributed by atoms with Crippen LogP contribution < -0.4 is 0 Å². The van der Waals surface area contributed by atoms with Crippen molar-refractivity contribution in [3.63, 3.8) is 0 Å². The molecule has 4 aliphatic rings. The number of Topliss-reactive ketones (excluding diaryl/α,β-unsaturated/α-hetero) is 1. The molecule has 0 radical (unpaired) electrons. The molecule has 4 rings (SSSR count).